The minimum absolute atomic E-state index is 0.155. The Morgan fingerprint density at radius 3 is 1.78 bits per heavy atom. The molecule has 8 aromatic rings. The van der Waals surface area contributed by atoms with Crippen LogP contribution < -0.4 is 0 Å². The zero-order valence-electron chi connectivity index (χ0n) is 28.8. The summed E-state index contributed by atoms with van der Waals surface area (Å²) in [5.74, 6) is 1.83. The first kappa shape index (κ1) is 30.3. The zero-order chi connectivity index (χ0) is 34.0. The molecule has 0 bridgehead atoms. The SMILES string of the molecule is CC1(C)CCC(C)(C)c2cc(-c3ccc(-c4nc(-c5ccc6ccccc6c5)nc(-c5cnc6c(ccc7cccnc76)c5)n4)cc3)ccc21. The second kappa shape index (κ2) is 11.4. The van der Waals surface area contributed by atoms with E-state index in [4.69, 9.17) is 19.9 Å². The molecule has 0 saturated heterocycles. The van der Waals surface area contributed by atoms with Crippen LogP contribution in [-0.4, -0.2) is 24.9 Å². The van der Waals surface area contributed by atoms with E-state index in [9.17, 15) is 0 Å². The largest absolute Gasteiger partial charge is 0.254 e. The van der Waals surface area contributed by atoms with Crippen LogP contribution in [0.15, 0.2) is 128 Å². The Bertz CT molecular complexity index is 2600. The summed E-state index contributed by atoms with van der Waals surface area (Å²) in [4.78, 5) is 24.6. The van der Waals surface area contributed by atoms with E-state index in [0.29, 0.717) is 17.5 Å². The highest BCUT2D eigenvalue weighted by Gasteiger charge is 2.37. The molecule has 9 rings (SSSR count). The summed E-state index contributed by atoms with van der Waals surface area (Å²) in [6.07, 6.45) is 6.06. The van der Waals surface area contributed by atoms with Crippen molar-refractivity contribution in [2.75, 3.05) is 0 Å². The summed E-state index contributed by atoms with van der Waals surface area (Å²) < 4.78 is 0. The Morgan fingerprint density at radius 2 is 0.980 bits per heavy atom. The Hall–Kier alpha value is -5.81. The Labute approximate surface area is 292 Å². The van der Waals surface area contributed by atoms with E-state index in [1.807, 2.05) is 18.5 Å². The first-order valence-corrected chi connectivity index (χ1v) is 17.4. The van der Waals surface area contributed by atoms with Gasteiger partial charge in [0.1, 0.15) is 0 Å². The predicted molar refractivity (Wildman–Crippen MR) is 205 cm³/mol. The van der Waals surface area contributed by atoms with Crippen molar-refractivity contribution in [2.45, 2.75) is 51.4 Å². The molecule has 0 spiro atoms. The topological polar surface area (TPSA) is 64.5 Å². The van der Waals surface area contributed by atoms with Gasteiger partial charge in [-0.2, -0.15) is 0 Å². The van der Waals surface area contributed by atoms with Gasteiger partial charge in [0.25, 0.3) is 0 Å². The highest BCUT2D eigenvalue weighted by atomic mass is 15.0. The number of pyridine rings is 2. The molecular weight excluding hydrogens is 611 g/mol. The molecule has 3 aromatic heterocycles. The number of nitrogens with zero attached hydrogens (tertiary/aromatic N) is 5. The lowest BCUT2D eigenvalue weighted by atomic mass is 9.63. The van der Waals surface area contributed by atoms with E-state index in [1.165, 1.54) is 40.5 Å². The van der Waals surface area contributed by atoms with Gasteiger partial charge in [-0.15, -0.1) is 0 Å². The average Bonchev–Trinajstić information content (AvgIpc) is 3.16. The Morgan fingerprint density at radius 1 is 0.420 bits per heavy atom. The Balaban J connectivity index is 1.15. The molecule has 0 unspecified atom stereocenters. The number of aromatic nitrogens is 5. The summed E-state index contributed by atoms with van der Waals surface area (Å²) in [6.45, 7) is 9.50. The third-order valence-corrected chi connectivity index (χ3v) is 10.7. The molecule has 0 N–H and O–H groups in total. The number of benzene rings is 5. The lowest BCUT2D eigenvalue weighted by Gasteiger charge is -2.42. The fraction of sp³-hybridized carbons (Fsp3) is 0.178. The predicted octanol–water partition coefficient (Wildman–Crippen LogP) is 11.1. The van der Waals surface area contributed by atoms with Gasteiger partial charge in [-0.05, 0) is 74.9 Å². The van der Waals surface area contributed by atoms with Gasteiger partial charge in [0.05, 0.1) is 11.0 Å². The van der Waals surface area contributed by atoms with Crippen molar-refractivity contribution in [3.63, 3.8) is 0 Å². The van der Waals surface area contributed by atoms with Crippen molar-refractivity contribution in [2.24, 2.45) is 0 Å². The molecule has 0 aliphatic heterocycles. The molecule has 1 aliphatic carbocycles. The third-order valence-electron chi connectivity index (χ3n) is 10.7. The summed E-state index contributed by atoms with van der Waals surface area (Å²) in [5, 5.41) is 4.37. The van der Waals surface area contributed by atoms with Crippen molar-refractivity contribution in [3.05, 3.63) is 139 Å². The van der Waals surface area contributed by atoms with Crippen LogP contribution in [0.2, 0.25) is 0 Å². The molecule has 5 nitrogen and oxygen atoms in total. The second-order valence-electron chi connectivity index (χ2n) is 14.9. The quantitative estimate of drug-likeness (QED) is 0.178. The minimum Gasteiger partial charge on any atom is -0.254 e. The maximum absolute atomic E-state index is 5.05. The minimum atomic E-state index is 0.155. The molecular formula is C45H37N5. The van der Waals surface area contributed by atoms with Crippen LogP contribution in [0.1, 0.15) is 51.7 Å². The third kappa shape index (κ3) is 5.21. The van der Waals surface area contributed by atoms with Crippen LogP contribution in [0.5, 0.6) is 0 Å². The second-order valence-corrected chi connectivity index (χ2v) is 14.9. The molecule has 5 aromatic carbocycles. The van der Waals surface area contributed by atoms with Gasteiger partial charge in [0.2, 0.25) is 0 Å². The molecule has 0 fully saturated rings. The highest BCUT2D eigenvalue weighted by Crippen LogP contribution is 2.47. The van der Waals surface area contributed by atoms with Crippen LogP contribution >= 0.6 is 0 Å². The monoisotopic (exact) mass is 647 g/mol. The molecule has 242 valence electrons. The smallest absolute Gasteiger partial charge is 0.165 e. The van der Waals surface area contributed by atoms with Crippen LogP contribution in [0.3, 0.4) is 0 Å². The summed E-state index contributed by atoms with van der Waals surface area (Å²) in [5.41, 5.74) is 10.1. The lowest BCUT2D eigenvalue weighted by molar-refractivity contribution is 0.332. The number of rotatable bonds is 4. The fourth-order valence-corrected chi connectivity index (χ4v) is 7.53. The standard InChI is InChI=1S/C45H37N5/c1-44(2)21-22-45(3,4)38-26-33(19-20-37(38)44)29-11-15-31(16-12-29)41-48-42(35-18-13-28-8-5-6-9-32(28)24-35)50-43(49-41)36-25-34-17-14-30-10-7-23-46-39(30)40(34)47-27-36/h5-20,23-27H,21-22H2,1-4H3. The van der Waals surface area contributed by atoms with Crippen molar-refractivity contribution in [1.29, 1.82) is 0 Å². The van der Waals surface area contributed by atoms with E-state index in [0.717, 1.165) is 43.9 Å². The van der Waals surface area contributed by atoms with Gasteiger partial charge in [-0.1, -0.05) is 125 Å². The maximum Gasteiger partial charge on any atom is 0.165 e. The highest BCUT2D eigenvalue weighted by molar-refractivity contribution is 6.03. The molecule has 3 heterocycles. The van der Waals surface area contributed by atoms with E-state index in [1.54, 1.807) is 0 Å². The molecule has 1 aliphatic rings. The van der Waals surface area contributed by atoms with Crippen LogP contribution in [0, 0.1) is 0 Å². The first-order chi connectivity index (χ1) is 24.2. The van der Waals surface area contributed by atoms with E-state index >= 15 is 0 Å². The zero-order valence-corrected chi connectivity index (χ0v) is 28.8. The van der Waals surface area contributed by atoms with Crippen molar-refractivity contribution >= 4 is 32.6 Å². The summed E-state index contributed by atoms with van der Waals surface area (Å²) in [7, 11) is 0. The van der Waals surface area contributed by atoms with Gasteiger partial charge in [-0.3, -0.25) is 9.97 Å². The van der Waals surface area contributed by atoms with Crippen LogP contribution in [0.25, 0.3) is 77.9 Å². The van der Waals surface area contributed by atoms with Gasteiger partial charge in [-0.25, -0.2) is 15.0 Å². The van der Waals surface area contributed by atoms with Crippen LogP contribution in [-0.2, 0) is 10.8 Å². The number of hydrogen-bond acceptors (Lipinski definition) is 5. The van der Waals surface area contributed by atoms with Gasteiger partial charge in [0, 0.05) is 39.9 Å². The van der Waals surface area contributed by atoms with Crippen molar-refractivity contribution < 1.29 is 0 Å². The maximum atomic E-state index is 5.05. The molecule has 5 heteroatoms. The Kier molecular flexibility index (Phi) is 6.89. The molecule has 0 saturated carbocycles. The van der Waals surface area contributed by atoms with Gasteiger partial charge in [0.15, 0.2) is 17.5 Å². The summed E-state index contributed by atoms with van der Waals surface area (Å²) in [6, 6.07) is 40.7. The van der Waals surface area contributed by atoms with Crippen LogP contribution in [0.4, 0.5) is 0 Å². The molecule has 50 heavy (non-hydrogen) atoms. The molecule has 0 atom stereocenters. The van der Waals surface area contributed by atoms with E-state index in [2.05, 4.69) is 142 Å². The number of fused-ring (bicyclic) bond motifs is 5. The van der Waals surface area contributed by atoms with Gasteiger partial charge < -0.3 is 0 Å². The normalized spacial score (nSPS) is 15.0. The first-order valence-electron chi connectivity index (χ1n) is 17.4. The van der Waals surface area contributed by atoms with Crippen molar-refractivity contribution in [1.82, 2.24) is 24.9 Å². The van der Waals surface area contributed by atoms with Gasteiger partial charge >= 0.3 is 0 Å². The number of hydrogen-bond donors (Lipinski definition) is 0. The molecule has 0 radical (unpaired) electrons. The van der Waals surface area contributed by atoms with E-state index in [-0.39, 0.29) is 10.8 Å². The fourth-order valence-electron chi connectivity index (χ4n) is 7.53. The lowest BCUT2D eigenvalue weighted by Crippen LogP contribution is -2.33. The summed E-state index contributed by atoms with van der Waals surface area (Å²) >= 11 is 0. The van der Waals surface area contributed by atoms with E-state index < -0.39 is 0 Å². The molecule has 0 amide bonds. The average molecular weight is 648 g/mol. The van der Waals surface area contributed by atoms with Crippen molar-refractivity contribution in [3.8, 4) is 45.3 Å².